The predicted octanol–water partition coefficient (Wildman–Crippen LogP) is 3.52. The molecular weight excluding hydrogens is 362 g/mol. The van der Waals surface area contributed by atoms with Gasteiger partial charge in [-0.3, -0.25) is 9.59 Å². The summed E-state index contributed by atoms with van der Waals surface area (Å²) in [4.78, 5) is 31.8. The first-order valence-electron chi connectivity index (χ1n) is 10.6. The van der Waals surface area contributed by atoms with Crippen molar-refractivity contribution in [3.8, 4) is 0 Å². The van der Waals surface area contributed by atoms with Gasteiger partial charge in [-0.25, -0.2) is 0 Å². The van der Waals surface area contributed by atoms with Gasteiger partial charge in [0.05, 0.1) is 0 Å². The first kappa shape index (κ1) is 19.5. The van der Waals surface area contributed by atoms with Gasteiger partial charge in [0, 0.05) is 56.1 Å². The fourth-order valence-electron chi connectivity index (χ4n) is 4.30. The van der Waals surface area contributed by atoms with Crippen LogP contribution in [0.4, 0.5) is 5.69 Å². The number of piperazine rings is 1. The second-order valence-electron chi connectivity index (χ2n) is 8.19. The highest BCUT2D eigenvalue weighted by Gasteiger charge is 2.24. The Morgan fingerprint density at radius 1 is 0.759 bits per heavy atom. The van der Waals surface area contributed by atoms with Crippen molar-refractivity contribution in [3.63, 3.8) is 0 Å². The lowest BCUT2D eigenvalue weighted by Crippen LogP contribution is -2.48. The van der Waals surface area contributed by atoms with Crippen molar-refractivity contribution in [1.29, 1.82) is 0 Å². The maximum atomic E-state index is 12.9. The molecule has 0 saturated carbocycles. The predicted molar refractivity (Wildman–Crippen MR) is 115 cm³/mol. The van der Waals surface area contributed by atoms with E-state index in [1.54, 1.807) is 24.3 Å². The average molecular weight is 392 g/mol. The first-order valence-corrected chi connectivity index (χ1v) is 10.6. The minimum Gasteiger partial charge on any atom is -0.368 e. The molecular formula is C24H29N3O2. The molecule has 0 aliphatic carbocycles. The summed E-state index contributed by atoms with van der Waals surface area (Å²) in [5, 5.41) is 0. The van der Waals surface area contributed by atoms with Gasteiger partial charge in [-0.05, 0) is 55.2 Å². The minimum absolute atomic E-state index is 0.0447. The minimum atomic E-state index is 0.0447. The largest absolute Gasteiger partial charge is 0.368 e. The van der Waals surface area contributed by atoms with Crippen molar-refractivity contribution in [1.82, 2.24) is 9.80 Å². The number of carbonyl (C=O) groups is 2. The SMILES string of the molecule is CC1CCCN(C(=O)c2ccc(C(=O)N3CCN(c4ccccc4)CC3)cc2)C1. The standard InChI is InChI=1S/C24H29N3O2/c1-19-6-5-13-27(18-19)24(29)21-11-9-20(10-12-21)23(28)26-16-14-25(15-17-26)22-7-3-2-4-8-22/h2-4,7-12,19H,5-6,13-18H2,1H3. The highest BCUT2D eigenvalue weighted by Crippen LogP contribution is 2.20. The van der Waals surface area contributed by atoms with Crippen LogP contribution in [0.3, 0.4) is 0 Å². The molecule has 1 unspecified atom stereocenters. The Bertz CT molecular complexity index is 842. The number of hydrogen-bond acceptors (Lipinski definition) is 3. The Balaban J connectivity index is 1.35. The van der Waals surface area contributed by atoms with Crippen LogP contribution in [-0.4, -0.2) is 60.9 Å². The monoisotopic (exact) mass is 391 g/mol. The molecule has 0 bridgehead atoms. The molecule has 0 radical (unpaired) electrons. The molecule has 5 nitrogen and oxygen atoms in total. The van der Waals surface area contributed by atoms with Gasteiger partial charge < -0.3 is 14.7 Å². The van der Waals surface area contributed by atoms with Gasteiger partial charge in [0.1, 0.15) is 0 Å². The topological polar surface area (TPSA) is 43.9 Å². The fourth-order valence-corrected chi connectivity index (χ4v) is 4.30. The van der Waals surface area contributed by atoms with E-state index in [0.717, 1.165) is 32.6 Å². The third kappa shape index (κ3) is 4.44. The van der Waals surface area contributed by atoms with Gasteiger partial charge in [0.15, 0.2) is 0 Å². The van der Waals surface area contributed by atoms with Gasteiger partial charge in [-0.15, -0.1) is 0 Å². The molecule has 4 rings (SSSR count). The summed E-state index contributed by atoms with van der Waals surface area (Å²) in [5.74, 6) is 0.679. The summed E-state index contributed by atoms with van der Waals surface area (Å²) >= 11 is 0. The van der Waals surface area contributed by atoms with E-state index in [1.807, 2.05) is 28.0 Å². The molecule has 0 spiro atoms. The van der Waals surface area contributed by atoms with E-state index < -0.39 is 0 Å². The summed E-state index contributed by atoms with van der Waals surface area (Å²) in [7, 11) is 0. The number of anilines is 1. The van der Waals surface area contributed by atoms with Crippen LogP contribution in [0.5, 0.6) is 0 Å². The third-order valence-electron chi connectivity index (χ3n) is 6.01. The van der Waals surface area contributed by atoms with Crippen LogP contribution in [0, 0.1) is 5.92 Å². The number of likely N-dealkylation sites (tertiary alicyclic amines) is 1. The molecule has 2 aromatic rings. The van der Waals surface area contributed by atoms with Crippen molar-refractivity contribution in [2.24, 2.45) is 5.92 Å². The number of hydrogen-bond donors (Lipinski definition) is 0. The summed E-state index contributed by atoms with van der Waals surface area (Å²) < 4.78 is 0. The maximum Gasteiger partial charge on any atom is 0.253 e. The number of benzene rings is 2. The fraction of sp³-hybridized carbons (Fsp3) is 0.417. The molecule has 2 amide bonds. The van der Waals surface area contributed by atoms with E-state index in [0.29, 0.717) is 30.1 Å². The lowest BCUT2D eigenvalue weighted by Gasteiger charge is -2.36. The molecule has 2 aliphatic heterocycles. The zero-order valence-electron chi connectivity index (χ0n) is 17.1. The van der Waals surface area contributed by atoms with Crippen LogP contribution in [0.15, 0.2) is 54.6 Å². The molecule has 152 valence electrons. The maximum absolute atomic E-state index is 12.9. The lowest BCUT2D eigenvalue weighted by atomic mass is 9.99. The molecule has 2 aromatic carbocycles. The van der Waals surface area contributed by atoms with Crippen LogP contribution >= 0.6 is 0 Å². The van der Waals surface area contributed by atoms with Crippen LogP contribution in [0.2, 0.25) is 0 Å². The highest BCUT2D eigenvalue weighted by atomic mass is 16.2. The average Bonchev–Trinajstić information content (AvgIpc) is 2.79. The third-order valence-corrected chi connectivity index (χ3v) is 6.01. The lowest BCUT2D eigenvalue weighted by molar-refractivity contribution is 0.0681. The summed E-state index contributed by atoms with van der Waals surface area (Å²) in [6, 6.07) is 17.5. The number of rotatable bonds is 3. The molecule has 29 heavy (non-hydrogen) atoms. The normalized spacial score (nSPS) is 19.9. The molecule has 0 aromatic heterocycles. The van der Waals surface area contributed by atoms with Crippen molar-refractivity contribution in [2.45, 2.75) is 19.8 Å². The van der Waals surface area contributed by atoms with E-state index in [4.69, 9.17) is 0 Å². The van der Waals surface area contributed by atoms with Crippen molar-refractivity contribution >= 4 is 17.5 Å². The zero-order valence-corrected chi connectivity index (χ0v) is 17.1. The Morgan fingerprint density at radius 2 is 1.34 bits per heavy atom. The Hall–Kier alpha value is -2.82. The van der Waals surface area contributed by atoms with Crippen LogP contribution < -0.4 is 4.90 Å². The van der Waals surface area contributed by atoms with Gasteiger partial charge in [0.2, 0.25) is 0 Å². The molecule has 2 heterocycles. The Kier molecular flexibility index (Phi) is 5.84. The second-order valence-corrected chi connectivity index (χ2v) is 8.19. The van der Waals surface area contributed by atoms with E-state index in [1.165, 1.54) is 12.1 Å². The van der Waals surface area contributed by atoms with Crippen molar-refractivity contribution in [2.75, 3.05) is 44.2 Å². The van der Waals surface area contributed by atoms with E-state index in [-0.39, 0.29) is 11.8 Å². The molecule has 2 saturated heterocycles. The molecule has 2 fully saturated rings. The molecule has 1 atom stereocenters. The van der Waals surface area contributed by atoms with Crippen LogP contribution in [0.1, 0.15) is 40.5 Å². The van der Waals surface area contributed by atoms with E-state index >= 15 is 0 Å². The quantitative estimate of drug-likeness (QED) is 0.804. The van der Waals surface area contributed by atoms with Crippen LogP contribution in [0.25, 0.3) is 0 Å². The number of carbonyl (C=O) groups excluding carboxylic acids is 2. The van der Waals surface area contributed by atoms with E-state index in [9.17, 15) is 9.59 Å². The zero-order chi connectivity index (χ0) is 20.2. The highest BCUT2D eigenvalue weighted by molar-refractivity contribution is 5.98. The number of nitrogens with zero attached hydrogens (tertiary/aromatic N) is 3. The summed E-state index contributed by atoms with van der Waals surface area (Å²) in [5.41, 5.74) is 2.53. The van der Waals surface area contributed by atoms with Gasteiger partial charge in [-0.2, -0.15) is 0 Å². The Morgan fingerprint density at radius 3 is 1.93 bits per heavy atom. The first-order chi connectivity index (χ1) is 14.1. The number of piperidine rings is 1. The van der Waals surface area contributed by atoms with Crippen LogP contribution in [-0.2, 0) is 0 Å². The van der Waals surface area contributed by atoms with Crippen molar-refractivity contribution in [3.05, 3.63) is 65.7 Å². The van der Waals surface area contributed by atoms with Crippen molar-refractivity contribution < 1.29 is 9.59 Å². The van der Waals surface area contributed by atoms with Gasteiger partial charge in [-0.1, -0.05) is 25.1 Å². The summed E-state index contributed by atoms with van der Waals surface area (Å²) in [6.45, 7) is 6.93. The number of amides is 2. The molecule has 2 aliphatic rings. The summed E-state index contributed by atoms with van der Waals surface area (Å²) in [6.07, 6.45) is 2.26. The number of para-hydroxylation sites is 1. The molecule has 0 N–H and O–H groups in total. The smallest absolute Gasteiger partial charge is 0.253 e. The van der Waals surface area contributed by atoms with Gasteiger partial charge >= 0.3 is 0 Å². The molecule has 5 heteroatoms. The second kappa shape index (κ2) is 8.68. The van der Waals surface area contributed by atoms with Gasteiger partial charge in [0.25, 0.3) is 11.8 Å². The van der Waals surface area contributed by atoms with E-state index in [2.05, 4.69) is 24.0 Å². The Labute approximate surface area is 172 Å².